The number of rotatable bonds is 7. The molecular weight excluding hydrogens is 640 g/mol. The van der Waals surface area contributed by atoms with E-state index in [-0.39, 0.29) is 52.4 Å². The molecule has 0 radical (unpaired) electrons. The first-order valence-corrected chi connectivity index (χ1v) is 13.3. The minimum Gasteiger partial charge on any atom is -0.267 e. The van der Waals surface area contributed by atoms with Gasteiger partial charge in [-0.2, -0.15) is 8.84 Å². The van der Waals surface area contributed by atoms with Gasteiger partial charge in [-0.3, -0.25) is 19.2 Å². The number of imide groups is 2. The third-order valence-corrected chi connectivity index (χ3v) is 9.36. The van der Waals surface area contributed by atoms with Crippen LogP contribution in [0.4, 0.5) is 0 Å². The smallest absolute Gasteiger partial charge is 0.267 e. The lowest BCUT2D eigenvalue weighted by Crippen LogP contribution is -2.18. The lowest BCUT2D eigenvalue weighted by molar-refractivity contribution is 0.0750. The summed E-state index contributed by atoms with van der Waals surface area (Å²) < 4.78 is 0.917. The van der Waals surface area contributed by atoms with Crippen molar-refractivity contribution in [1.29, 1.82) is 0 Å². The van der Waals surface area contributed by atoms with Crippen molar-refractivity contribution in [1.82, 2.24) is 8.84 Å². The molecule has 2 heterocycles. The van der Waals surface area contributed by atoms with E-state index in [2.05, 4.69) is 0 Å². The molecular formula is C22H12Cl8N2O4. The van der Waals surface area contributed by atoms with Crippen LogP contribution >= 0.6 is 93.2 Å². The molecule has 6 nitrogen and oxygen atoms in total. The largest absolute Gasteiger partial charge is 0.277 e. The van der Waals surface area contributed by atoms with Crippen molar-refractivity contribution >= 4 is 117 Å². The Morgan fingerprint density at radius 1 is 0.417 bits per heavy atom. The van der Waals surface area contributed by atoms with Crippen molar-refractivity contribution in [2.24, 2.45) is 0 Å². The zero-order valence-corrected chi connectivity index (χ0v) is 23.8. The zero-order valence-electron chi connectivity index (χ0n) is 17.8. The van der Waals surface area contributed by atoms with Gasteiger partial charge in [-0.05, 0) is 36.8 Å². The second kappa shape index (κ2) is 10.7. The second-order valence-electron chi connectivity index (χ2n) is 8.04. The molecule has 0 saturated heterocycles. The summed E-state index contributed by atoms with van der Waals surface area (Å²) in [6.07, 6.45) is 3.25. The Morgan fingerprint density at radius 3 is 1.06 bits per heavy atom. The summed E-state index contributed by atoms with van der Waals surface area (Å²) in [7, 11) is 0. The van der Waals surface area contributed by atoms with Crippen molar-refractivity contribution in [3.05, 3.63) is 63.5 Å². The van der Waals surface area contributed by atoms with E-state index >= 15 is 0 Å². The standard InChI is InChI=1S/C22H12Cl8N2O4/c23-13-7(9-11(15(25)17(13)27)21(35)31(29)19(9)33)5-3-1-2-4-6-8-10-12(16(26)18(28)14(8)24)22(36)32(30)20(10)34/h1-6H2. The molecule has 2 aromatic rings. The monoisotopic (exact) mass is 648 g/mol. The van der Waals surface area contributed by atoms with E-state index in [9.17, 15) is 19.2 Å². The number of unbranched alkanes of at least 4 members (excludes halogenated alkanes) is 3. The Balaban J connectivity index is 1.45. The van der Waals surface area contributed by atoms with Crippen LogP contribution in [-0.2, 0) is 12.8 Å². The number of amides is 4. The maximum atomic E-state index is 12.5. The Labute approximate surface area is 245 Å². The van der Waals surface area contributed by atoms with E-state index in [4.69, 9.17) is 93.2 Å². The molecule has 0 spiro atoms. The number of carbonyl (C=O) groups is 4. The number of fused-ring (bicyclic) bond motifs is 2. The average molecular weight is 652 g/mol. The molecule has 2 aromatic carbocycles. The highest BCUT2D eigenvalue weighted by atomic mass is 35.5. The Bertz CT molecular complexity index is 1270. The van der Waals surface area contributed by atoms with E-state index in [0.29, 0.717) is 58.5 Å². The molecule has 0 aliphatic carbocycles. The fourth-order valence-electron chi connectivity index (χ4n) is 4.30. The molecule has 0 aromatic heterocycles. The Morgan fingerprint density at radius 2 is 0.722 bits per heavy atom. The lowest BCUT2D eigenvalue weighted by Gasteiger charge is -2.13. The highest BCUT2D eigenvalue weighted by Gasteiger charge is 2.42. The first kappa shape index (κ1) is 28.1. The topological polar surface area (TPSA) is 74.8 Å². The molecule has 4 rings (SSSR count). The molecule has 0 saturated carbocycles. The number of hydrogen-bond donors (Lipinski definition) is 0. The maximum absolute atomic E-state index is 12.5. The van der Waals surface area contributed by atoms with E-state index in [1.54, 1.807) is 0 Å². The van der Waals surface area contributed by atoms with Gasteiger partial charge in [-0.1, -0.05) is 82.4 Å². The number of carbonyl (C=O) groups excluding carboxylic acids is 4. The summed E-state index contributed by atoms with van der Waals surface area (Å²) in [5.74, 6) is -2.92. The third-order valence-electron chi connectivity index (χ3n) is 6.02. The highest BCUT2D eigenvalue weighted by Crippen LogP contribution is 2.45. The van der Waals surface area contributed by atoms with Crippen LogP contribution in [0.25, 0.3) is 0 Å². The van der Waals surface area contributed by atoms with Crippen LogP contribution in [-0.4, -0.2) is 32.5 Å². The van der Waals surface area contributed by atoms with Crippen LogP contribution in [0, 0.1) is 0 Å². The van der Waals surface area contributed by atoms with E-state index in [1.165, 1.54) is 0 Å². The molecule has 36 heavy (non-hydrogen) atoms. The van der Waals surface area contributed by atoms with Gasteiger partial charge in [0.25, 0.3) is 23.6 Å². The van der Waals surface area contributed by atoms with E-state index in [1.807, 2.05) is 0 Å². The van der Waals surface area contributed by atoms with Gasteiger partial charge in [0.2, 0.25) is 0 Å². The molecule has 0 unspecified atom stereocenters. The SMILES string of the molecule is O=C1c2c(Cl)c(Cl)c(Cl)c(CCCCCCc3c(Cl)c(Cl)c(Cl)c4c3C(=O)N(Cl)C4=O)c2C(=O)N1Cl. The van der Waals surface area contributed by atoms with Gasteiger partial charge >= 0.3 is 0 Å². The van der Waals surface area contributed by atoms with Crippen LogP contribution in [0.2, 0.25) is 30.1 Å². The van der Waals surface area contributed by atoms with Crippen molar-refractivity contribution in [2.75, 3.05) is 0 Å². The third kappa shape index (κ3) is 4.38. The molecule has 0 bridgehead atoms. The molecule has 14 heteroatoms. The molecule has 2 aliphatic heterocycles. The zero-order chi connectivity index (χ0) is 26.6. The van der Waals surface area contributed by atoms with Crippen LogP contribution in [0.3, 0.4) is 0 Å². The average Bonchev–Trinajstić information content (AvgIpc) is 3.21. The molecule has 190 valence electrons. The molecule has 0 atom stereocenters. The fraction of sp³-hybridized carbons (Fsp3) is 0.273. The highest BCUT2D eigenvalue weighted by molar-refractivity contribution is 6.53. The number of halogens is 8. The molecule has 0 N–H and O–H groups in total. The Hall–Kier alpha value is -0.960. The first-order chi connectivity index (χ1) is 16.9. The van der Waals surface area contributed by atoms with Gasteiger partial charge < -0.3 is 0 Å². The lowest BCUT2D eigenvalue weighted by atomic mass is 9.95. The van der Waals surface area contributed by atoms with Gasteiger partial charge in [-0.25, -0.2) is 0 Å². The fourth-order valence-corrected chi connectivity index (χ4v) is 6.25. The summed E-state index contributed by atoms with van der Waals surface area (Å²) in [6.45, 7) is 0. The van der Waals surface area contributed by atoms with Crippen molar-refractivity contribution in [2.45, 2.75) is 38.5 Å². The predicted octanol–water partition coefficient (Wildman–Crippen LogP) is 8.45. The van der Waals surface area contributed by atoms with Crippen molar-refractivity contribution < 1.29 is 19.2 Å². The van der Waals surface area contributed by atoms with Crippen LogP contribution in [0.1, 0.15) is 78.2 Å². The summed E-state index contributed by atoms with van der Waals surface area (Å²) >= 11 is 48.9. The summed E-state index contributed by atoms with van der Waals surface area (Å²) in [5.41, 5.74) is 0.801. The summed E-state index contributed by atoms with van der Waals surface area (Å²) in [5, 5.41) is -0.0688. The van der Waals surface area contributed by atoms with E-state index in [0.717, 1.165) is 0 Å². The predicted molar refractivity (Wildman–Crippen MR) is 142 cm³/mol. The maximum Gasteiger partial charge on any atom is 0.277 e. The van der Waals surface area contributed by atoms with Gasteiger partial charge in [-0.15, -0.1) is 0 Å². The van der Waals surface area contributed by atoms with Crippen LogP contribution in [0.15, 0.2) is 0 Å². The normalized spacial score (nSPS) is 14.9. The summed E-state index contributed by atoms with van der Waals surface area (Å²) in [6, 6.07) is 0. The van der Waals surface area contributed by atoms with Gasteiger partial charge in [0.15, 0.2) is 0 Å². The Kier molecular flexibility index (Phi) is 8.31. The van der Waals surface area contributed by atoms with Crippen molar-refractivity contribution in [3.63, 3.8) is 0 Å². The molecule has 0 fully saturated rings. The van der Waals surface area contributed by atoms with Crippen LogP contribution in [0.5, 0.6) is 0 Å². The van der Waals surface area contributed by atoms with Gasteiger partial charge in [0.1, 0.15) is 0 Å². The second-order valence-corrected chi connectivity index (χ2v) is 11.0. The molecule has 4 amide bonds. The first-order valence-electron chi connectivity index (χ1n) is 10.4. The van der Waals surface area contributed by atoms with E-state index < -0.39 is 23.6 Å². The van der Waals surface area contributed by atoms with Gasteiger partial charge in [0.05, 0.1) is 52.4 Å². The quantitative estimate of drug-likeness (QED) is 0.130. The van der Waals surface area contributed by atoms with Gasteiger partial charge in [0, 0.05) is 23.6 Å². The number of benzene rings is 2. The van der Waals surface area contributed by atoms with Crippen molar-refractivity contribution in [3.8, 4) is 0 Å². The molecule has 2 aliphatic rings. The minimum absolute atomic E-state index is 0.0177. The minimum atomic E-state index is -0.754. The number of hydrogen-bond acceptors (Lipinski definition) is 4. The summed E-state index contributed by atoms with van der Waals surface area (Å²) in [4.78, 5) is 49.6. The number of nitrogens with zero attached hydrogens (tertiary/aromatic N) is 2. The van der Waals surface area contributed by atoms with Crippen LogP contribution < -0.4 is 0 Å².